The predicted octanol–water partition coefficient (Wildman–Crippen LogP) is 4.86. The molecule has 1 saturated carbocycles. The van der Waals surface area contributed by atoms with E-state index in [1.807, 2.05) is 0 Å². The van der Waals surface area contributed by atoms with Crippen LogP contribution in [-0.2, 0) is 0 Å². The van der Waals surface area contributed by atoms with Gasteiger partial charge in [0.25, 0.3) is 0 Å². The van der Waals surface area contributed by atoms with Crippen molar-refractivity contribution in [1.82, 2.24) is 5.32 Å². The van der Waals surface area contributed by atoms with Gasteiger partial charge in [-0.15, -0.1) is 0 Å². The van der Waals surface area contributed by atoms with Crippen LogP contribution in [0.2, 0.25) is 0 Å². The maximum absolute atomic E-state index is 3.89. The fourth-order valence-corrected chi connectivity index (χ4v) is 3.44. The topological polar surface area (TPSA) is 12.0 Å². The monoisotopic (exact) mass is 259 g/mol. The van der Waals surface area contributed by atoms with Crippen molar-refractivity contribution in [2.75, 3.05) is 0 Å². The van der Waals surface area contributed by atoms with Gasteiger partial charge in [-0.1, -0.05) is 56.5 Å². The van der Waals surface area contributed by atoms with Gasteiger partial charge in [-0.25, -0.2) is 0 Å². The van der Waals surface area contributed by atoms with Crippen LogP contribution in [0.3, 0.4) is 0 Å². The average molecular weight is 259 g/mol. The molecule has 0 aromatic heterocycles. The van der Waals surface area contributed by atoms with Crippen molar-refractivity contribution in [3.8, 4) is 0 Å². The summed E-state index contributed by atoms with van der Waals surface area (Å²) in [5.41, 5.74) is 2.76. The van der Waals surface area contributed by atoms with Crippen LogP contribution in [0.15, 0.2) is 24.3 Å². The third kappa shape index (κ3) is 3.82. The molecule has 0 amide bonds. The summed E-state index contributed by atoms with van der Waals surface area (Å²) < 4.78 is 0. The molecule has 1 aliphatic rings. The maximum atomic E-state index is 3.89. The standard InChI is InChI=1S/C18H29N/c1-13(2)17-7-5-6-8-18(17)19-15(4)16-11-9-14(3)10-12-16/h9-13,15,17-19H,5-8H2,1-4H3. The van der Waals surface area contributed by atoms with Crippen molar-refractivity contribution in [3.63, 3.8) is 0 Å². The molecule has 1 N–H and O–H groups in total. The Bertz CT molecular complexity index is 379. The minimum Gasteiger partial charge on any atom is -0.307 e. The van der Waals surface area contributed by atoms with Gasteiger partial charge in [-0.2, -0.15) is 0 Å². The molecule has 0 bridgehead atoms. The number of nitrogens with one attached hydrogen (secondary N) is 1. The fraction of sp³-hybridized carbons (Fsp3) is 0.667. The maximum Gasteiger partial charge on any atom is 0.0294 e. The minimum absolute atomic E-state index is 0.463. The Morgan fingerprint density at radius 3 is 2.26 bits per heavy atom. The lowest BCUT2D eigenvalue weighted by Crippen LogP contribution is -2.42. The van der Waals surface area contributed by atoms with E-state index in [4.69, 9.17) is 0 Å². The molecule has 0 heterocycles. The minimum atomic E-state index is 0.463. The summed E-state index contributed by atoms with van der Waals surface area (Å²) in [5.74, 6) is 1.64. The van der Waals surface area contributed by atoms with Crippen LogP contribution in [-0.4, -0.2) is 6.04 Å². The van der Waals surface area contributed by atoms with Gasteiger partial charge < -0.3 is 5.32 Å². The highest BCUT2D eigenvalue weighted by molar-refractivity contribution is 5.23. The summed E-state index contributed by atoms with van der Waals surface area (Å²) in [5, 5.41) is 3.89. The lowest BCUT2D eigenvalue weighted by Gasteiger charge is -2.37. The van der Waals surface area contributed by atoms with E-state index in [2.05, 4.69) is 57.3 Å². The first-order valence-corrected chi connectivity index (χ1v) is 7.90. The molecule has 2 rings (SSSR count). The lowest BCUT2D eigenvalue weighted by molar-refractivity contribution is 0.195. The summed E-state index contributed by atoms with van der Waals surface area (Å²) in [4.78, 5) is 0. The van der Waals surface area contributed by atoms with E-state index >= 15 is 0 Å². The summed E-state index contributed by atoms with van der Waals surface area (Å²) in [6.07, 6.45) is 5.55. The van der Waals surface area contributed by atoms with Gasteiger partial charge in [-0.3, -0.25) is 0 Å². The highest BCUT2D eigenvalue weighted by Crippen LogP contribution is 2.31. The van der Waals surface area contributed by atoms with Crippen molar-refractivity contribution in [2.24, 2.45) is 11.8 Å². The molecule has 106 valence electrons. The molecule has 0 aliphatic heterocycles. The molecule has 3 atom stereocenters. The smallest absolute Gasteiger partial charge is 0.0294 e. The van der Waals surface area contributed by atoms with Crippen LogP contribution in [0.25, 0.3) is 0 Å². The second kappa shape index (κ2) is 6.56. The SMILES string of the molecule is Cc1ccc(C(C)NC2CCCCC2C(C)C)cc1. The second-order valence-electron chi connectivity index (χ2n) is 6.60. The van der Waals surface area contributed by atoms with E-state index in [0.29, 0.717) is 12.1 Å². The number of rotatable bonds is 4. The van der Waals surface area contributed by atoms with E-state index in [1.54, 1.807) is 0 Å². The van der Waals surface area contributed by atoms with Gasteiger partial charge in [-0.05, 0) is 44.1 Å². The Balaban J connectivity index is 2.00. The molecule has 0 spiro atoms. The molecule has 0 saturated heterocycles. The van der Waals surface area contributed by atoms with Crippen molar-refractivity contribution < 1.29 is 0 Å². The fourth-order valence-electron chi connectivity index (χ4n) is 3.44. The first-order chi connectivity index (χ1) is 9.08. The van der Waals surface area contributed by atoms with Gasteiger partial charge in [0.2, 0.25) is 0 Å². The normalized spacial score (nSPS) is 25.5. The Morgan fingerprint density at radius 2 is 1.63 bits per heavy atom. The highest BCUT2D eigenvalue weighted by Gasteiger charge is 2.28. The number of hydrogen-bond donors (Lipinski definition) is 1. The van der Waals surface area contributed by atoms with Crippen LogP contribution < -0.4 is 5.32 Å². The Hall–Kier alpha value is -0.820. The van der Waals surface area contributed by atoms with Crippen LogP contribution >= 0.6 is 0 Å². The van der Waals surface area contributed by atoms with E-state index in [0.717, 1.165) is 11.8 Å². The van der Waals surface area contributed by atoms with Crippen LogP contribution in [0.5, 0.6) is 0 Å². The predicted molar refractivity (Wildman–Crippen MR) is 83.3 cm³/mol. The van der Waals surface area contributed by atoms with Crippen LogP contribution in [0.1, 0.15) is 63.6 Å². The largest absolute Gasteiger partial charge is 0.307 e. The zero-order chi connectivity index (χ0) is 13.8. The van der Waals surface area contributed by atoms with E-state index < -0.39 is 0 Å². The third-order valence-corrected chi connectivity index (χ3v) is 4.72. The van der Waals surface area contributed by atoms with Crippen molar-refractivity contribution in [3.05, 3.63) is 35.4 Å². The van der Waals surface area contributed by atoms with E-state index in [9.17, 15) is 0 Å². The van der Waals surface area contributed by atoms with E-state index in [1.165, 1.54) is 36.8 Å². The Morgan fingerprint density at radius 1 is 1.00 bits per heavy atom. The summed E-state index contributed by atoms with van der Waals surface area (Å²) >= 11 is 0. The van der Waals surface area contributed by atoms with Gasteiger partial charge in [0.05, 0.1) is 0 Å². The number of aryl methyl sites for hydroxylation is 1. The Labute approximate surface area is 118 Å². The molecular weight excluding hydrogens is 230 g/mol. The summed E-state index contributed by atoms with van der Waals surface area (Å²) in [7, 11) is 0. The molecule has 0 radical (unpaired) electrons. The first kappa shape index (κ1) is 14.6. The van der Waals surface area contributed by atoms with Gasteiger partial charge in [0.1, 0.15) is 0 Å². The molecule has 1 aromatic rings. The van der Waals surface area contributed by atoms with Gasteiger partial charge >= 0.3 is 0 Å². The van der Waals surface area contributed by atoms with Crippen LogP contribution in [0.4, 0.5) is 0 Å². The second-order valence-corrected chi connectivity index (χ2v) is 6.60. The lowest BCUT2D eigenvalue weighted by atomic mass is 9.77. The number of hydrogen-bond acceptors (Lipinski definition) is 1. The highest BCUT2D eigenvalue weighted by atomic mass is 15.0. The van der Waals surface area contributed by atoms with Gasteiger partial charge in [0, 0.05) is 12.1 Å². The molecule has 1 heteroatoms. The molecular formula is C18H29N. The zero-order valence-corrected chi connectivity index (χ0v) is 12.9. The zero-order valence-electron chi connectivity index (χ0n) is 12.9. The molecule has 19 heavy (non-hydrogen) atoms. The third-order valence-electron chi connectivity index (χ3n) is 4.72. The first-order valence-electron chi connectivity index (χ1n) is 7.90. The number of benzene rings is 1. The molecule has 1 aliphatic carbocycles. The van der Waals surface area contributed by atoms with Crippen molar-refractivity contribution >= 4 is 0 Å². The summed E-state index contributed by atoms with van der Waals surface area (Å²) in [6.45, 7) is 9.21. The molecule has 1 nitrogen and oxygen atoms in total. The van der Waals surface area contributed by atoms with Crippen molar-refractivity contribution in [2.45, 2.75) is 65.5 Å². The quantitative estimate of drug-likeness (QED) is 0.814. The Kier molecular flexibility index (Phi) is 5.04. The molecule has 1 fully saturated rings. The van der Waals surface area contributed by atoms with Crippen LogP contribution in [0, 0.1) is 18.8 Å². The molecule has 1 aromatic carbocycles. The molecule has 3 unspecified atom stereocenters. The van der Waals surface area contributed by atoms with Gasteiger partial charge in [0.15, 0.2) is 0 Å². The average Bonchev–Trinajstić information content (AvgIpc) is 2.39. The summed E-state index contributed by atoms with van der Waals surface area (Å²) in [6, 6.07) is 10.1. The van der Waals surface area contributed by atoms with E-state index in [-0.39, 0.29) is 0 Å². The van der Waals surface area contributed by atoms with Crippen molar-refractivity contribution in [1.29, 1.82) is 0 Å².